The van der Waals surface area contributed by atoms with Gasteiger partial charge >= 0.3 is 0 Å². The van der Waals surface area contributed by atoms with Crippen molar-refractivity contribution in [2.24, 2.45) is 0 Å². The van der Waals surface area contributed by atoms with Crippen molar-refractivity contribution in [2.45, 2.75) is 39.3 Å². The SMILES string of the molecule is CCCCn1cc[n+](CCCOc2ccc3c(c2)OCO3)c1. The normalized spacial score (nSPS) is 12.6. The highest BCUT2D eigenvalue weighted by atomic mass is 16.7. The van der Waals surface area contributed by atoms with E-state index in [1.54, 1.807) is 0 Å². The zero-order chi connectivity index (χ0) is 15.2. The predicted octanol–water partition coefficient (Wildman–Crippen LogP) is 2.77. The molecule has 0 N–H and O–H groups in total. The van der Waals surface area contributed by atoms with E-state index in [1.165, 1.54) is 12.8 Å². The Labute approximate surface area is 131 Å². The van der Waals surface area contributed by atoms with E-state index in [1.807, 2.05) is 18.2 Å². The lowest BCUT2D eigenvalue weighted by molar-refractivity contribution is -0.696. The summed E-state index contributed by atoms with van der Waals surface area (Å²) in [7, 11) is 0. The third kappa shape index (κ3) is 3.72. The predicted molar refractivity (Wildman–Crippen MR) is 82.2 cm³/mol. The van der Waals surface area contributed by atoms with Crippen LogP contribution in [-0.2, 0) is 13.1 Å². The Bertz CT molecular complexity index is 610. The molecule has 3 rings (SSSR count). The number of fused-ring (bicyclic) bond motifs is 1. The van der Waals surface area contributed by atoms with Crippen LogP contribution in [0.5, 0.6) is 17.2 Å². The lowest BCUT2D eigenvalue weighted by Crippen LogP contribution is -2.31. The molecule has 0 bridgehead atoms. The number of ether oxygens (including phenoxy) is 3. The first-order chi connectivity index (χ1) is 10.8. The molecule has 22 heavy (non-hydrogen) atoms. The van der Waals surface area contributed by atoms with Crippen molar-refractivity contribution in [3.05, 3.63) is 36.9 Å². The van der Waals surface area contributed by atoms with E-state index in [0.29, 0.717) is 13.4 Å². The number of unbranched alkanes of at least 4 members (excludes halogenated alkanes) is 1. The van der Waals surface area contributed by atoms with Gasteiger partial charge in [-0.25, -0.2) is 9.13 Å². The molecule has 0 saturated carbocycles. The Hall–Kier alpha value is -2.17. The van der Waals surface area contributed by atoms with Crippen molar-refractivity contribution in [2.75, 3.05) is 13.4 Å². The van der Waals surface area contributed by atoms with Crippen molar-refractivity contribution in [1.29, 1.82) is 0 Å². The van der Waals surface area contributed by atoms with Crippen LogP contribution < -0.4 is 18.8 Å². The summed E-state index contributed by atoms with van der Waals surface area (Å²) in [4.78, 5) is 0. The second-order valence-electron chi connectivity index (χ2n) is 5.46. The van der Waals surface area contributed by atoms with E-state index < -0.39 is 0 Å². The molecule has 0 unspecified atom stereocenters. The Kier molecular flexibility index (Phi) is 4.83. The lowest BCUT2D eigenvalue weighted by Gasteiger charge is -2.06. The third-order valence-corrected chi connectivity index (χ3v) is 3.69. The van der Waals surface area contributed by atoms with Crippen LogP contribution in [0.4, 0.5) is 0 Å². The van der Waals surface area contributed by atoms with Gasteiger partial charge < -0.3 is 14.2 Å². The minimum atomic E-state index is 0.296. The monoisotopic (exact) mass is 303 g/mol. The second kappa shape index (κ2) is 7.20. The van der Waals surface area contributed by atoms with Gasteiger partial charge in [-0.15, -0.1) is 0 Å². The summed E-state index contributed by atoms with van der Waals surface area (Å²) in [5.74, 6) is 2.38. The largest absolute Gasteiger partial charge is 0.493 e. The fourth-order valence-corrected chi connectivity index (χ4v) is 2.45. The van der Waals surface area contributed by atoms with E-state index in [0.717, 1.165) is 36.8 Å². The number of hydrogen-bond donors (Lipinski definition) is 0. The van der Waals surface area contributed by atoms with Gasteiger partial charge in [0, 0.05) is 12.5 Å². The highest BCUT2D eigenvalue weighted by Crippen LogP contribution is 2.35. The van der Waals surface area contributed by atoms with Crippen molar-refractivity contribution >= 4 is 0 Å². The van der Waals surface area contributed by atoms with Gasteiger partial charge in [0.05, 0.1) is 19.7 Å². The van der Waals surface area contributed by atoms with Crippen molar-refractivity contribution in [3.8, 4) is 17.2 Å². The first-order valence-corrected chi connectivity index (χ1v) is 7.92. The van der Waals surface area contributed by atoms with Gasteiger partial charge in [-0.3, -0.25) is 0 Å². The number of aromatic nitrogens is 2. The molecule has 0 fully saturated rings. The number of hydrogen-bond acceptors (Lipinski definition) is 3. The van der Waals surface area contributed by atoms with Crippen LogP contribution in [0.3, 0.4) is 0 Å². The van der Waals surface area contributed by atoms with Gasteiger partial charge in [0.1, 0.15) is 18.1 Å². The first-order valence-electron chi connectivity index (χ1n) is 7.92. The Balaban J connectivity index is 1.41. The molecule has 2 aromatic rings. The van der Waals surface area contributed by atoms with Gasteiger partial charge in [0.15, 0.2) is 11.5 Å². The van der Waals surface area contributed by atoms with E-state index in [4.69, 9.17) is 14.2 Å². The van der Waals surface area contributed by atoms with Gasteiger partial charge in [0.2, 0.25) is 13.1 Å². The quantitative estimate of drug-likeness (QED) is 0.556. The van der Waals surface area contributed by atoms with Gasteiger partial charge in [0.25, 0.3) is 0 Å². The summed E-state index contributed by atoms with van der Waals surface area (Å²) in [5, 5.41) is 0. The summed E-state index contributed by atoms with van der Waals surface area (Å²) in [6, 6.07) is 5.69. The van der Waals surface area contributed by atoms with Crippen molar-refractivity contribution in [1.82, 2.24) is 4.57 Å². The van der Waals surface area contributed by atoms with Gasteiger partial charge in [-0.05, 0) is 18.6 Å². The first kappa shape index (κ1) is 14.8. The van der Waals surface area contributed by atoms with Crippen LogP contribution in [0.15, 0.2) is 36.9 Å². The fraction of sp³-hybridized carbons (Fsp3) is 0.471. The summed E-state index contributed by atoms with van der Waals surface area (Å²) in [5.41, 5.74) is 0. The smallest absolute Gasteiger partial charge is 0.243 e. The van der Waals surface area contributed by atoms with Crippen molar-refractivity contribution in [3.63, 3.8) is 0 Å². The van der Waals surface area contributed by atoms with E-state index in [-0.39, 0.29) is 0 Å². The zero-order valence-electron chi connectivity index (χ0n) is 13.0. The maximum absolute atomic E-state index is 5.77. The standard InChI is InChI=1S/C17H23N2O3/c1-2-3-7-18-9-10-19(13-18)8-4-11-20-15-5-6-16-17(12-15)22-14-21-16/h5-6,9-10,12-13H,2-4,7-8,11,14H2,1H3/q+1. The molecule has 5 heteroatoms. The summed E-state index contributed by atoms with van der Waals surface area (Å²) in [6.45, 7) is 5.25. The molecule has 1 aliphatic rings. The van der Waals surface area contributed by atoms with E-state index in [2.05, 4.69) is 34.8 Å². The minimum absolute atomic E-state index is 0.296. The molecule has 0 aliphatic carbocycles. The molecule has 1 aliphatic heterocycles. The molecule has 0 amide bonds. The second-order valence-corrected chi connectivity index (χ2v) is 5.46. The molecular formula is C17H23N2O3+. The van der Waals surface area contributed by atoms with Crippen LogP contribution in [0, 0.1) is 0 Å². The lowest BCUT2D eigenvalue weighted by atomic mass is 10.3. The third-order valence-electron chi connectivity index (χ3n) is 3.69. The Morgan fingerprint density at radius 1 is 1.23 bits per heavy atom. The molecule has 118 valence electrons. The highest BCUT2D eigenvalue weighted by Gasteiger charge is 2.13. The van der Waals surface area contributed by atoms with E-state index >= 15 is 0 Å². The number of benzene rings is 1. The maximum Gasteiger partial charge on any atom is 0.243 e. The molecule has 0 spiro atoms. The maximum atomic E-state index is 5.77. The molecule has 0 atom stereocenters. The number of imidazole rings is 1. The number of aryl methyl sites for hydroxylation is 2. The summed E-state index contributed by atoms with van der Waals surface area (Å²) in [6.07, 6.45) is 9.83. The molecule has 0 radical (unpaired) electrons. The summed E-state index contributed by atoms with van der Waals surface area (Å²) < 4.78 is 20.8. The molecular weight excluding hydrogens is 280 g/mol. The fourth-order valence-electron chi connectivity index (χ4n) is 2.45. The molecule has 2 heterocycles. The van der Waals surface area contributed by atoms with Crippen LogP contribution in [0.25, 0.3) is 0 Å². The van der Waals surface area contributed by atoms with Crippen LogP contribution in [0.2, 0.25) is 0 Å². The van der Waals surface area contributed by atoms with Gasteiger partial charge in [-0.2, -0.15) is 0 Å². The molecule has 5 nitrogen and oxygen atoms in total. The van der Waals surface area contributed by atoms with E-state index in [9.17, 15) is 0 Å². The topological polar surface area (TPSA) is 36.5 Å². The average Bonchev–Trinajstić information content (AvgIpc) is 3.18. The van der Waals surface area contributed by atoms with Crippen LogP contribution in [-0.4, -0.2) is 18.0 Å². The average molecular weight is 303 g/mol. The Morgan fingerprint density at radius 3 is 3.05 bits per heavy atom. The molecule has 0 saturated heterocycles. The minimum Gasteiger partial charge on any atom is -0.493 e. The van der Waals surface area contributed by atoms with Gasteiger partial charge in [-0.1, -0.05) is 13.3 Å². The number of rotatable bonds is 8. The number of nitrogens with zero attached hydrogens (tertiary/aromatic N) is 2. The zero-order valence-corrected chi connectivity index (χ0v) is 13.0. The van der Waals surface area contributed by atoms with Crippen LogP contribution >= 0.6 is 0 Å². The molecule has 1 aromatic heterocycles. The highest BCUT2D eigenvalue weighted by molar-refractivity contribution is 5.46. The molecule has 1 aromatic carbocycles. The van der Waals surface area contributed by atoms with Crippen LogP contribution in [0.1, 0.15) is 26.2 Å². The summed E-state index contributed by atoms with van der Waals surface area (Å²) >= 11 is 0. The Morgan fingerprint density at radius 2 is 2.14 bits per heavy atom. The van der Waals surface area contributed by atoms with Crippen molar-refractivity contribution < 1.29 is 18.8 Å².